The van der Waals surface area contributed by atoms with Gasteiger partial charge in [0.25, 0.3) is 0 Å². The van der Waals surface area contributed by atoms with E-state index in [0.717, 1.165) is 17.4 Å². The van der Waals surface area contributed by atoms with Gasteiger partial charge in [-0.05, 0) is 42.4 Å². The van der Waals surface area contributed by atoms with Crippen molar-refractivity contribution < 1.29 is 5.11 Å². The Morgan fingerprint density at radius 3 is 1.79 bits per heavy atom. The van der Waals surface area contributed by atoms with E-state index in [2.05, 4.69) is 48.1 Å². The second-order valence-electron chi connectivity index (χ2n) is 7.69. The van der Waals surface area contributed by atoms with E-state index in [-0.39, 0.29) is 6.61 Å². The van der Waals surface area contributed by atoms with Crippen LogP contribution in [0.3, 0.4) is 0 Å². The summed E-state index contributed by atoms with van der Waals surface area (Å²) in [5.41, 5.74) is 1.77. The minimum Gasteiger partial charge on any atom is -0.392 e. The highest BCUT2D eigenvalue weighted by Gasteiger charge is 2.45. The third-order valence-corrected chi connectivity index (χ3v) is 5.75. The van der Waals surface area contributed by atoms with Gasteiger partial charge in [-0.1, -0.05) is 66.5 Å². The average molecular weight is 268 g/mol. The van der Waals surface area contributed by atoms with E-state index in [1.807, 2.05) is 0 Å². The molecule has 1 fully saturated rings. The van der Waals surface area contributed by atoms with Crippen LogP contribution in [0.15, 0.2) is 12.2 Å². The summed E-state index contributed by atoms with van der Waals surface area (Å²) < 4.78 is 0. The maximum atomic E-state index is 8.04. The summed E-state index contributed by atoms with van der Waals surface area (Å²) in [7, 11) is 0. The number of hydrogen-bond acceptors (Lipinski definition) is 1. The van der Waals surface area contributed by atoms with Gasteiger partial charge >= 0.3 is 0 Å². The first-order valence-electron chi connectivity index (χ1n) is 7.82. The summed E-state index contributed by atoms with van der Waals surface area (Å²) in [6.45, 7) is 19.9. The number of aliphatic hydroxyl groups is 1. The second kappa shape index (κ2) is 7.47. The molecule has 0 aromatic carbocycles. The molecule has 0 atom stereocenters. The van der Waals surface area contributed by atoms with Gasteiger partial charge in [-0.3, -0.25) is 0 Å². The molecule has 1 saturated carbocycles. The Kier molecular flexibility index (Phi) is 7.36. The van der Waals surface area contributed by atoms with Crippen LogP contribution >= 0.6 is 0 Å². The lowest BCUT2D eigenvalue weighted by Crippen LogP contribution is -2.41. The Bertz CT molecular complexity index is 267. The van der Waals surface area contributed by atoms with Crippen LogP contribution in [0.1, 0.15) is 74.1 Å². The SMILES string of the molecule is C=C(C)CO.CC(C)C(C)(C)C(C)(C)C1CCCC1. The third kappa shape index (κ3) is 4.95. The summed E-state index contributed by atoms with van der Waals surface area (Å²) in [5.74, 6) is 1.73. The molecule has 0 radical (unpaired) electrons. The summed E-state index contributed by atoms with van der Waals surface area (Å²) in [5, 5.41) is 8.04. The molecule has 114 valence electrons. The molecule has 1 aliphatic rings. The van der Waals surface area contributed by atoms with E-state index in [1.165, 1.54) is 25.7 Å². The zero-order valence-electron chi connectivity index (χ0n) is 14.3. The smallest absolute Gasteiger partial charge is 0.0636 e. The number of hydrogen-bond donors (Lipinski definition) is 1. The zero-order chi connectivity index (χ0) is 15.3. The fourth-order valence-electron chi connectivity index (χ4n) is 2.92. The van der Waals surface area contributed by atoms with Gasteiger partial charge in [0.1, 0.15) is 0 Å². The lowest BCUT2D eigenvalue weighted by atomic mass is 9.56. The van der Waals surface area contributed by atoms with Crippen molar-refractivity contribution in [3.63, 3.8) is 0 Å². The van der Waals surface area contributed by atoms with Gasteiger partial charge < -0.3 is 5.11 Å². The Balaban J connectivity index is 0.000000555. The highest BCUT2D eigenvalue weighted by atomic mass is 16.3. The third-order valence-electron chi connectivity index (χ3n) is 5.75. The monoisotopic (exact) mass is 268 g/mol. The summed E-state index contributed by atoms with van der Waals surface area (Å²) in [6.07, 6.45) is 5.84. The predicted octanol–water partition coefficient (Wildman–Crippen LogP) is 5.44. The van der Waals surface area contributed by atoms with E-state index in [1.54, 1.807) is 6.92 Å². The molecule has 1 nitrogen and oxygen atoms in total. The molecule has 0 aromatic rings. The van der Waals surface area contributed by atoms with Gasteiger partial charge in [-0.2, -0.15) is 0 Å². The summed E-state index contributed by atoms with van der Waals surface area (Å²) in [6, 6.07) is 0. The van der Waals surface area contributed by atoms with Crippen LogP contribution in [0.25, 0.3) is 0 Å². The zero-order valence-corrected chi connectivity index (χ0v) is 14.3. The molecular formula is C18H36O. The van der Waals surface area contributed by atoms with Crippen LogP contribution in [0, 0.1) is 22.7 Å². The van der Waals surface area contributed by atoms with Gasteiger partial charge in [0.2, 0.25) is 0 Å². The van der Waals surface area contributed by atoms with Crippen LogP contribution < -0.4 is 0 Å². The molecule has 0 bridgehead atoms. The lowest BCUT2D eigenvalue weighted by Gasteiger charge is -2.49. The maximum absolute atomic E-state index is 8.04. The number of aliphatic hydroxyl groups excluding tert-OH is 1. The van der Waals surface area contributed by atoms with E-state index in [4.69, 9.17) is 5.11 Å². The van der Waals surface area contributed by atoms with E-state index in [9.17, 15) is 0 Å². The average Bonchev–Trinajstić information content (AvgIpc) is 2.83. The molecular weight excluding hydrogens is 232 g/mol. The first-order valence-corrected chi connectivity index (χ1v) is 7.82. The first-order chi connectivity index (χ1) is 8.57. The molecule has 0 unspecified atom stereocenters. The van der Waals surface area contributed by atoms with Crippen molar-refractivity contribution in [2.75, 3.05) is 6.61 Å². The van der Waals surface area contributed by atoms with Gasteiger partial charge in [-0.15, -0.1) is 0 Å². The minimum atomic E-state index is 0.111. The van der Waals surface area contributed by atoms with E-state index < -0.39 is 0 Å². The minimum absolute atomic E-state index is 0.111. The highest BCUT2D eigenvalue weighted by Crippen LogP contribution is 2.53. The van der Waals surface area contributed by atoms with Gasteiger partial charge in [0.05, 0.1) is 6.61 Å². The second-order valence-corrected chi connectivity index (χ2v) is 7.69. The molecule has 0 spiro atoms. The van der Waals surface area contributed by atoms with Crippen molar-refractivity contribution in [1.82, 2.24) is 0 Å². The molecule has 0 amide bonds. The van der Waals surface area contributed by atoms with Crippen LogP contribution in [-0.4, -0.2) is 11.7 Å². The molecule has 1 aliphatic carbocycles. The standard InChI is InChI=1S/C14H28.C4H8O/c1-11(2)13(3,4)14(5,6)12-9-7-8-10-12;1-4(2)3-5/h11-12H,7-10H2,1-6H3;5H,1,3H2,2H3. The van der Waals surface area contributed by atoms with Crippen molar-refractivity contribution >= 4 is 0 Å². The van der Waals surface area contributed by atoms with Crippen molar-refractivity contribution in [1.29, 1.82) is 0 Å². The topological polar surface area (TPSA) is 20.2 Å². The Hall–Kier alpha value is -0.300. The molecule has 1 N–H and O–H groups in total. The Morgan fingerprint density at radius 1 is 1.16 bits per heavy atom. The van der Waals surface area contributed by atoms with Crippen LogP contribution in [0.2, 0.25) is 0 Å². The van der Waals surface area contributed by atoms with Gasteiger partial charge in [0.15, 0.2) is 0 Å². The largest absolute Gasteiger partial charge is 0.392 e. The van der Waals surface area contributed by atoms with Crippen LogP contribution in [-0.2, 0) is 0 Å². The fraction of sp³-hybridized carbons (Fsp3) is 0.889. The summed E-state index contributed by atoms with van der Waals surface area (Å²) >= 11 is 0. The molecule has 0 aliphatic heterocycles. The predicted molar refractivity (Wildman–Crippen MR) is 86.3 cm³/mol. The molecule has 0 aromatic heterocycles. The van der Waals surface area contributed by atoms with Crippen LogP contribution in [0.4, 0.5) is 0 Å². The molecule has 1 rings (SSSR count). The normalized spacial score (nSPS) is 17.3. The molecule has 0 saturated heterocycles. The van der Waals surface area contributed by atoms with Gasteiger partial charge in [0, 0.05) is 0 Å². The molecule has 19 heavy (non-hydrogen) atoms. The molecule has 1 heteroatoms. The number of rotatable bonds is 4. The van der Waals surface area contributed by atoms with Gasteiger partial charge in [-0.25, -0.2) is 0 Å². The highest BCUT2D eigenvalue weighted by molar-refractivity contribution is 4.94. The molecule has 0 heterocycles. The van der Waals surface area contributed by atoms with Crippen molar-refractivity contribution in [3.05, 3.63) is 12.2 Å². The Morgan fingerprint density at radius 2 is 1.53 bits per heavy atom. The van der Waals surface area contributed by atoms with E-state index in [0.29, 0.717) is 10.8 Å². The van der Waals surface area contributed by atoms with Crippen molar-refractivity contribution in [2.45, 2.75) is 74.1 Å². The quantitative estimate of drug-likeness (QED) is 0.673. The summed E-state index contributed by atoms with van der Waals surface area (Å²) in [4.78, 5) is 0. The van der Waals surface area contributed by atoms with Crippen molar-refractivity contribution in [2.24, 2.45) is 22.7 Å². The maximum Gasteiger partial charge on any atom is 0.0636 e. The Labute approximate surface area is 121 Å². The van der Waals surface area contributed by atoms with Crippen LogP contribution in [0.5, 0.6) is 0 Å². The van der Waals surface area contributed by atoms with E-state index >= 15 is 0 Å². The first kappa shape index (κ1) is 18.7. The lowest BCUT2D eigenvalue weighted by molar-refractivity contribution is 0.00208. The fourth-order valence-corrected chi connectivity index (χ4v) is 2.92. The van der Waals surface area contributed by atoms with Crippen molar-refractivity contribution in [3.8, 4) is 0 Å².